The fourth-order valence-corrected chi connectivity index (χ4v) is 5.19. The van der Waals surface area contributed by atoms with Crippen LogP contribution in [-0.4, -0.2) is 16.0 Å². The molecule has 0 unspecified atom stereocenters. The summed E-state index contributed by atoms with van der Waals surface area (Å²) in [4.78, 5) is 25.7. The van der Waals surface area contributed by atoms with Crippen molar-refractivity contribution in [2.24, 2.45) is 5.92 Å². The van der Waals surface area contributed by atoms with Gasteiger partial charge >= 0.3 is 0 Å². The second kappa shape index (κ2) is 9.75. The number of nitrogens with one attached hydrogen (secondary N) is 1. The van der Waals surface area contributed by atoms with E-state index in [0.717, 1.165) is 12.1 Å². The summed E-state index contributed by atoms with van der Waals surface area (Å²) in [5.74, 6) is -4.24. The Morgan fingerprint density at radius 2 is 1.54 bits per heavy atom. The maximum Gasteiger partial charge on any atom is 0.231 e. The molecule has 1 aliphatic rings. The molecule has 0 spiro atoms. The molecule has 35 heavy (non-hydrogen) atoms. The van der Waals surface area contributed by atoms with Gasteiger partial charge in [-0.05, 0) is 53.6 Å². The van der Waals surface area contributed by atoms with Crippen LogP contribution in [0.5, 0.6) is 0 Å². The summed E-state index contributed by atoms with van der Waals surface area (Å²) in [6.07, 6.45) is -0.334. The van der Waals surface area contributed by atoms with Gasteiger partial charge in [0, 0.05) is 23.6 Å². The van der Waals surface area contributed by atoms with Crippen molar-refractivity contribution in [3.05, 3.63) is 91.9 Å². The molecule has 1 amide bonds. The Morgan fingerprint density at radius 1 is 0.914 bits per heavy atom. The highest BCUT2D eigenvalue weighted by Crippen LogP contribution is 2.65. The summed E-state index contributed by atoms with van der Waals surface area (Å²) >= 11 is 30.9. The lowest BCUT2D eigenvalue weighted by atomic mass is 10.0. The summed E-state index contributed by atoms with van der Waals surface area (Å²) in [6.45, 7) is 0. The van der Waals surface area contributed by atoms with E-state index in [4.69, 9.17) is 63.7 Å². The molecule has 3 N–H and O–H groups in total. The number of carbonyl (C=O) groups excluding carboxylic acids is 2. The predicted molar refractivity (Wildman–Crippen MR) is 136 cm³/mol. The first kappa shape index (κ1) is 26.0. The smallest absolute Gasteiger partial charge is 0.231 e. The molecule has 1 saturated carbocycles. The van der Waals surface area contributed by atoms with Crippen molar-refractivity contribution in [3.63, 3.8) is 0 Å². The van der Waals surface area contributed by atoms with Gasteiger partial charge in [0.2, 0.25) is 5.91 Å². The van der Waals surface area contributed by atoms with E-state index in [2.05, 4.69) is 5.32 Å². The van der Waals surface area contributed by atoms with Gasteiger partial charge in [-0.2, -0.15) is 0 Å². The highest BCUT2D eigenvalue weighted by Gasteiger charge is 2.67. The maximum absolute atomic E-state index is 13.7. The number of alkyl halides is 2. The predicted octanol–water partition coefficient (Wildman–Crippen LogP) is 7.46. The first-order valence-electron chi connectivity index (χ1n) is 10.1. The number of anilines is 2. The van der Waals surface area contributed by atoms with Gasteiger partial charge in [-0.25, -0.2) is 8.78 Å². The van der Waals surface area contributed by atoms with Gasteiger partial charge in [-0.1, -0.05) is 40.9 Å². The van der Waals surface area contributed by atoms with E-state index >= 15 is 0 Å². The van der Waals surface area contributed by atoms with E-state index in [-0.39, 0.29) is 28.3 Å². The molecule has 3 aromatic carbocycles. The lowest BCUT2D eigenvalue weighted by molar-refractivity contribution is -0.117. The molecule has 1 aliphatic carbocycles. The van der Waals surface area contributed by atoms with E-state index in [1.54, 1.807) is 18.2 Å². The fourth-order valence-electron chi connectivity index (χ4n) is 3.83. The normalized spacial score (nSPS) is 18.3. The number of Topliss-reactive ketones (excluding diaryl/α,β-unsaturated/α-hetero) is 1. The highest BCUT2D eigenvalue weighted by atomic mass is 35.5. The minimum atomic E-state index is -1.37. The lowest BCUT2D eigenvalue weighted by Gasteiger charge is -2.10. The SMILES string of the molecule is Nc1c(F)cc(CC(=O)c2cc(NC(=O)[C@H]3[C@H](c4ccc(Cl)c(Cl)c4)C3(Cl)Cl)ccc2Cl)cc1F. The molecule has 4 rings (SSSR count). The number of benzene rings is 3. The highest BCUT2D eigenvalue weighted by molar-refractivity contribution is 6.53. The van der Waals surface area contributed by atoms with E-state index < -0.39 is 45.2 Å². The zero-order chi connectivity index (χ0) is 25.7. The van der Waals surface area contributed by atoms with Crippen molar-refractivity contribution in [2.75, 3.05) is 11.1 Å². The molecule has 0 aromatic heterocycles. The van der Waals surface area contributed by atoms with Crippen LogP contribution in [-0.2, 0) is 11.2 Å². The number of nitrogen functional groups attached to an aromatic ring is 1. The van der Waals surface area contributed by atoms with Gasteiger partial charge < -0.3 is 11.1 Å². The number of ketones is 1. The van der Waals surface area contributed by atoms with Crippen molar-refractivity contribution in [3.8, 4) is 0 Å². The van der Waals surface area contributed by atoms with Crippen molar-refractivity contribution in [1.82, 2.24) is 0 Å². The Balaban J connectivity index is 1.51. The number of amides is 1. The Morgan fingerprint density at radius 3 is 2.17 bits per heavy atom. The summed E-state index contributed by atoms with van der Waals surface area (Å²) in [7, 11) is 0. The summed E-state index contributed by atoms with van der Waals surface area (Å²) in [5, 5.41) is 3.45. The molecule has 1 fully saturated rings. The second-order valence-electron chi connectivity index (χ2n) is 8.06. The summed E-state index contributed by atoms with van der Waals surface area (Å²) in [6, 6.07) is 11.1. The number of nitrogens with two attached hydrogens (primary N) is 1. The Labute approximate surface area is 224 Å². The molecule has 0 saturated heterocycles. The van der Waals surface area contributed by atoms with Gasteiger partial charge in [0.15, 0.2) is 5.78 Å². The van der Waals surface area contributed by atoms with Gasteiger partial charge in [-0.15, -0.1) is 23.2 Å². The van der Waals surface area contributed by atoms with Crippen molar-refractivity contribution < 1.29 is 18.4 Å². The zero-order valence-electron chi connectivity index (χ0n) is 17.5. The van der Waals surface area contributed by atoms with Gasteiger partial charge in [0.05, 0.1) is 21.0 Å². The monoisotopic (exact) mass is 576 g/mol. The number of rotatable bonds is 6. The molecule has 0 aliphatic heterocycles. The fraction of sp³-hybridized carbons (Fsp3) is 0.167. The maximum atomic E-state index is 13.7. The average molecular weight is 579 g/mol. The van der Waals surface area contributed by atoms with Crippen LogP contribution in [0, 0.1) is 17.6 Å². The van der Waals surface area contributed by atoms with Crippen LogP contribution in [0.3, 0.4) is 0 Å². The molecule has 11 heteroatoms. The summed E-state index contributed by atoms with van der Waals surface area (Å²) < 4.78 is 26.1. The van der Waals surface area contributed by atoms with Crippen molar-refractivity contribution in [2.45, 2.75) is 16.7 Å². The molecule has 4 nitrogen and oxygen atoms in total. The molecule has 2 atom stereocenters. The van der Waals surface area contributed by atoms with E-state index in [1.165, 1.54) is 18.2 Å². The van der Waals surface area contributed by atoms with Crippen LogP contribution < -0.4 is 11.1 Å². The topological polar surface area (TPSA) is 72.2 Å². The van der Waals surface area contributed by atoms with Crippen molar-refractivity contribution >= 4 is 81.1 Å². The lowest BCUT2D eigenvalue weighted by Crippen LogP contribution is -2.17. The largest absolute Gasteiger partial charge is 0.394 e. The quantitative estimate of drug-likeness (QED) is 0.181. The molecule has 0 bridgehead atoms. The molecule has 0 heterocycles. The van der Waals surface area contributed by atoms with E-state index in [1.807, 2.05) is 0 Å². The van der Waals surface area contributed by atoms with E-state index in [9.17, 15) is 18.4 Å². The molecular weight excluding hydrogens is 564 g/mol. The molecule has 3 aromatic rings. The second-order valence-corrected chi connectivity index (χ2v) is 10.7. The number of halogens is 7. The third-order valence-electron chi connectivity index (χ3n) is 5.68. The van der Waals surface area contributed by atoms with Gasteiger partial charge in [-0.3, -0.25) is 9.59 Å². The standard InChI is InChI=1S/C24H15Cl5F2N2O2/c25-14-4-2-12(9-13(14)19(34)7-10-5-17(30)22(32)18(31)6-10)33-23(35)21-20(24(21,28)29)11-1-3-15(26)16(27)8-11/h1-6,8-9,20-21H,7,32H2,(H,33,35)/t20-,21+/m0/s1. The first-order valence-corrected chi connectivity index (χ1v) is 12.0. The molecule has 182 valence electrons. The number of hydrogen-bond acceptors (Lipinski definition) is 3. The third-order valence-corrected chi connectivity index (χ3v) is 7.69. The number of hydrogen-bond donors (Lipinski definition) is 2. The van der Waals surface area contributed by atoms with Crippen LogP contribution >= 0.6 is 58.0 Å². The Hall–Kier alpha value is -2.09. The van der Waals surface area contributed by atoms with Crippen LogP contribution in [0.4, 0.5) is 20.2 Å². The van der Waals surface area contributed by atoms with Gasteiger partial charge in [0.25, 0.3) is 0 Å². The average Bonchev–Trinajstić information content (AvgIpc) is 3.37. The minimum absolute atomic E-state index is 0.0574. The summed E-state index contributed by atoms with van der Waals surface area (Å²) in [5.41, 5.74) is 5.70. The van der Waals surface area contributed by atoms with Crippen LogP contribution in [0.2, 0.25) is 15.1 Å². The van der Waals surface area contributed by atoms with E-state index in [0.29, 0.717) is 15.6 Å². The Bertz CT molecular complexity index is 1340. The van der Waals surface area contributed by atoms with Crippen LogP contribution in [0.25, 0.3) is 0 Å². The third kappa shape index (κ3) is 5.23. The van der Waals surface area contributed by atoms with Crippen molar-refractivity contribution in [1.29, 1.82) is 0 Å². The zero-order valence-corrected chi connectivity index (χ0v) is 21.3. The van der Waals surface area contributed by atoms with Crippen LogP contribution in [0.1, 0.15) is 27.4 Å². The van der Waals surface area contributed by atoms with Crippen LogP contribution in [0.15, 0.2) is 48.5 Å². The molecular formula is C24H15Cl5F2N2O2. The number of carbonyl (C=O) groups is 2. The van der Waals surface area contributed by atoms with Gasteiger partial charge in [0.1, 0.15) is 21.7 Å². The minimum Gasteiger partial charge on any atom is -0.394 e. The first-order chi connectivity index (χ1) is 16.4. The molecule has 0 radical (unpaired) electrons. The Kier molecular flexibility index (Phi) is 7.24.